The smallest absolute Gasteiger partial charge is 0.231 e. The highest BCUT2D eigenvalue weighted by molar-refractivity contribution is 5.78. The van der Waals surface area contributed by atoms with Crippen molar-refractivity contribution < 1.29 is 9.47 Å². The van der Waals surface area contributed by atoms with Crippen LogP contribution in [0.3, 0.4) is 0 Å². The summed E-state index contributed by atoms with van der Waals surface area (Å²) in [4.78, 5) is 4.32. The first-order valence-corrected chi connectivity index (χ1v) is 7.72. The van der Waals surface area contributed by atoms with Crippen LogP contribution in [0.2, 0.25) is 0 Å². The van der Waals surface area contributed by atoms with Crippen molar-refractivity contribution in [1.82, 2.24) is 14.8 Å². The number of benzene rings is 2. The SMILES string of the molecule is C1=C(c2ccc3c(c2)OCO3)Nc2ncnn2C1c1ccccc1. The van der Waals surface area contributed by atoms with E-state index in [0.717, 1.165) is 34.3 Å². The number of allylic oxidation sites excluding steroid dienone is 1. The Kier molecular flexibility index (Phi) is 2.82. The van der Waals surface area contributed by atoms with Gasteiger partial charge in [0.05, 0.1) is 0 Å². The molecule has 0 fully saturated rings. The Morgan fingerprint density at radius 1 is 1.04 bits per heavy atom. The Bertz CT molecular complexity index is 933. The van der Waals surface area contributed by atoms with E-state index in [1.807, 2.05) is 41.1 Å². The van der Waals surface area contributed by atoms with Gasteiger partial charge in [0.2, 0.25) is 12.7 Å². The summed E-state index contributed by atoms with van der Waals surface area (Å²) < 4.78 is 12.8. The van der Waals surface area contributed by atoms with Crippen LogP contribution in [0.15, 0.2) is 60.9 Å². The molecule has 1 atom stereocenters. The van der Waals surface area contributed by atoms with E-state index in [-0.39, 0.29) is 12.8 Å². The second kappa shape index (κ2) is 5.13. The van der Waals surface area contributed by atoms with Crippen LogP contribution < -0.4 is 14.8 Å². The molecule has 5 rings (SSSR count). The maximum atomic E-state index is 5.49. The lowest BCUT2D eigenvalue weighted by molar-refractivity contribution is 0.174. The van der Waals surface area contributed by atoms with Gasteiger partial charge >= 0.3 is 0 Å². The molecule has 6 nitrogen and oxygen atoms in total. The maximum absolute atomic E-state index is 5.49. The summed E-state index contributed by atoms with van der Waals surface area (Å²) in [5.41, 5.74) is 3.15. The van der Waals surface area contributed by atoms with E-state index in [1.165, 1.54) is 0 Å². The van der Waals surface area contributed by atoms with E-state index in [9.17, 15) is 0 Å². The van der Waals surface area contributed by atoms with Crippen LogP contribution in [-0.2, 0) is 0 Å². The molecule has 1 aromatic heterocycles. The largest absolute Gasteiger partial charge is 0.454 e. The number of rotatable bonds is 2. The Morgan fingerprint density at radius 2 is 1.92 bits per heavy atom. The fourth-order valence-corrected chi connectivity index (χ4v) is 3.05. The first-order chi connectivity index (χ1) is 11.9. The van der Waals surface area contributed by atoms with Crippen LogP contribution in [0.1, 0.15) is 17.2 Å². The minimum atomic E-state index is -0.00891. The summed E-state index contributed by atoms with van der Waals surface area (Å²) in [5.74, 6) is 2.26. The minimum absolute atomic E-state index is 0.00891. The molecule has 3 heterocycles. The normalized spacial score (nSPS) is 17.8. The standard InChI is InChI=1S/C18H14N4O2/c1-2-4-12(5-3-1)15-9-14(21-18-19-10-20-22(15)18)13-6-7-16-17(8-13)24-11-23-16/h1-10,15H,11H2,(H,19,20,21). The van der Waals surface area contributed by atoms with Crippen molar-refractivity contribution in [2.75, 3.05) is 12.1 Å². The highest BCUT2D eigenvalue weighted by atomic mass is 16.7. The van der Waals surface area contributed by atoms with Gasteiger partial charge in [-0.3, -0.25) is 0 Å². The quantitative estimate of drug-likeness (QED) is 0.787. The molecule has 0 saturated heterocycles. The lowest BCUT2D eigenvalue weighted by Gasteiger charge is -2.24. The third kappa shape index (κ3) is 2.04. The van der Waals surface area contributed by atoms with Crippen LogP contribution in [0.5, 0.6) is 11.5 Å². The van der Waals surface area contributed by atoms with E-state index in [4.69, 9.17) is 9.47 Å². The van der Waals surface area contributed by atoms with Gasteiger partial charge in [-0.1, -0.05) is 30.3 Å². The number of nitrogens with one attached hydrogen (secondary N) is 1. The number of aromatic nitrogens is 3. The van der Waals surface area contributed by atoms with Crippen LogP contribution in [-0.4, -0.2) is 21.6 Å². The van der Waals surface area contributed by atoms with Crippen molar-refractivity contribution >= 4 is 11.6 Å². The summed E-state index contributed by atoms with van der Waals surface area (Å²) in [6, 6.07) is 16.2. The molecular weight excluding hydrogens is 304 g/mol. The van der Waals surface area contributed by atoms with E-state index >= 15 is 0 Å². The molecule has 1 unspecified atom stereocenters. The van der Waals surface area contributed by atoms with Crippen molar-refractivity contribution in [3.05, 3.63) is 72.1 Å². The number of anilines is 1. The van der Waals surface area contributed by atoms with Gasteiger partial charge in [-0.05, 0) is 29.8 Å². The van der Waals surface area contributed by atoms with E-state index in [2.05, 4.69) is 33.6 Å². The van der Waals surface area contributed by atoms with Gasteiger partial charge in [-0.15, -0.1) is 0 Å². The van der Waals surface area contributed by atoms with Gasteiger partial charge in [0.1, 0.15) is 12.4 Å². The molecule has 6 heteroatoms. The highest BCUT2D eigenvalue weighted by Crippen LogP contribution is 2.37. The summed E-state index contributed by atoms with van der Waals surface area (Å²) in [7, 11) is 0. The van der Waals surface area contributed by atoms with Crippen LogP contribution in [0, 0.1) is 0 Å². The van der Waals surface area contributed by atoms with Gasteiger partial charge in [0.15, 0.2) is 11.5 Å². The Hall–Kier alpha value is -3.28. The molecular formula is C18H14N4O2. The molecule has 3 aromatic rings. The number of fused-ring (bicyclic) bond motifs is 2. The number of hydrogen-bond donors (Lipinski definition) is 1. The molecule has 2 aliphatic heterocycles. The topological polar surface area (TPSA) is 61.2 Å². The van der Waals surface area contributed by atoms with Crippen molar-refractivity contribution in [3.63, 3.8) is 0 Å². The first-order valence-electron chi connectivity index (χ1n) is 7.72. The monoisotopic (exact) mass is 318 g/mol. The fraction of sp³-hybridized carbons (Fsp3) is 0.111. The first kappa shape index (κ1) is 13.2. The average Bonchev–Trinajstić information content (AvgIpc) is 3.29. The zero-order chi connectivity index (χ0) is 15.9. The second-order valence-electron chi connectivity index (χ2n) is 5.66. The van der Waals surface area contributed by atoms with E-state index in [1.54, 1.807) is 6.33 Å². The second-order valence-corrected chi connectivity index (χ2v) is 5.66. The van der Waals surface area contributed by atoms with Crippen LogP contribution in [0.4, 0.5) is 5.95 Å². The highest BCUT2D eigenvalue weighted by Gasteiger charge is 2.24. The van der Waals surface area contributed by atoms with Gasteiger partial charge in [0, 0.05) is 11.3 Å². The molecule has 118 valence electrons. The molecule has 2 aromatic carbocycles. The number of hydrogen-bond acceptors (Lipinski definition) is 5. The van der Waals surface area contributed by atoms with Crippen molar-refractivity contribution in [1.29, 1.82) is 0 Å². The molecule has 24 heavy (non-hydrogen) atoms. The van der Waals surface area contributed by atoms with E-state index < -0.39 is 0 Å². The Morgan fingerprint density at radius 3 is 2.83 bits per heavy atom. The van der Waals surface area contributed by atoms with Crippen molar-refractivity contribution in [2.45, 2.75) is 6.04 Å². The molecule has 2 aliphatic rings. The molecule has 1 N–H and O–H groups in total. The van der Waals surface area contributed by atoms with Gasteiger partial charge in [0.25, 0.3) is 0 Å². The minimum Gasteiger partial charge on any atom is -0.454 e. The Balaban J connectivity index is 1.60. The average molecular weight is 318 g/mol. The fourth-order valence-electron chi connectivity index (χ4n) is 3.05. The third-order valence-electron chi connectivity index (χ3n) is 4.23. The lowest BCUT2D eigenvalue weighted by Crippen LogP contribution is -2.20. The predicted octanol–water partition coefficient (Wildman–Crippen LogP) is 3.06. The third-order valence-corrected chi connectivity index (χ3v) is 4.23. The lowest BCUT2D eigenvalue weighted by atomic mass is 10.0. The van der Waals surface area contributed by atoms with Gasteiger partial charge in [-0.25, -0.2) is 4.68 Å². The zero-order valence-electron chi connectivity index (χ0n) is 12.7. The Labute approximate surface area is 138 Å². The molecule has 0 spiro atoms. The molecule has 0 amide bonds. The van der Waals surface area contributed by atoms with E-state index in [0.29, 0.717) is 0 Å². The molecule has 0 saturated carbocycles. The van der Waals surface area contributed by atoms with Crippen molar-refractivity contribution in [3.8, 4) is 11.5 Å². The summed E-state index contributed by atoms with van der Waals surface area (Å²) in [5, 5.41) is 7.69. The summed E-state index contributed by atoms with van der Waals surface area (Å²) >= 11 is 0. The van der Waals surface area contributed by atoms with Gasteiger partial charge < -0.3 is 14.8 Å². The maximum Gasteiger partial charge on any atom is 0.231 e. The summed E-state index contributed by atoms with van der Waals surface area (Å²) in [6.07, 6.45) is 3.71. The number of nitrogens with zero attached hydrogens (tertiary/aromatic N) is 3. The van der Waals surface area contributed by atoms with Crippen molar-refractivity contribution in [2.24, 2.45) is 0 Å². The summed E-state index contributed by atoms with van der Waals surface area (Å²) in [6.45, 7) is 0.270. The number of ether oxygens (including phenoxy) is 2. The molecule has 0 bridgehead atoms. The van der Waals surface area contributed by atoms with Crippen LogP contribution >= 0.6 is 0 Å². The zero-order valence-corrected chi connectivity index (χ0v) is 12.7. The molecule has 0 radical (unpaired) electrons. The van der Waals surface area contributed by atoms with Crippen LogP contribution in [0.25, 0.3) is 5.70 Å². The van der Waals surface area contributed by atoms with Gasteiger partial charge in [-0.2, -0.15) is 10.1 Å². The molecule has 0 aliphatic carbocycles. The predicted molar refractivity (Wildman–Crippen MR) is 88.8 cm³/mol.